The van der Waals surface area contributed by atoms with Crippen molar-refractivity contribution in [2.75, 3.05) is 0 Å². The van der Waals surface area contributed by atoms with Crippen molar-refractivity contribution in [3.63, 3.8) is 0 Å². The van der Waals surface area contributed by atoms with E-state index in [0.717, 1.165) is 0 Å². The summed E-state index contributed by atoms with van der Waals surface area (Å²) < 4.78 is 81.3. The number of sulfone groups is 3. The maximum atomic E-state index is 14.2. The summed E-state index contributed by atoms with van der Waals surface area (Å²) >= 11 is 0. The van der Waals surface area contributed by atoms with Crippen LogP contribution >= 0.6 is 0 Å². The van der Waals surface area contributed by atoms with Gasteiger partial charge in [-0.1, -0.05) is 73.3 Å². The fraction of sp³-hybridized carbons (Fsp3) is 0.148. The Bertz CT molecular complexity index is 1530. The second kappa shape index (κ2) is 10.8. The van der Waals surface area contributed by atoms with E-state index in [9.17, 15) is 25.3 Å². The second-order valence-corrected chi connectivity index (χ2v) is 14.7. The van der Waals surface area contributed by atoms with Crippen molar-refractivity contribution in [2.24, 2.45) is 0 Å². The van der Waals surface area contributed by atoms with Gasteiger partial charge >= 0.3 is 0 Å². The van der Waals surface area contributed by atoms with Gasteiger partial charge in [0, 0.05) is 12.8 Å². The first-order chi connectivity index (χ1) is 17.0. The van der Waals surface area contributed by atoms with E-state index in [2.05, 4.69) is 12.3 Å². The van der Waals surface area contributed by atoms with Crippen molar-refractivity contribution in [3.05, 3.63) is 120 Å². The molecular weight excluding hydrogens is 516 g/mol. The molecule has 0 saturated heterocycles. The fourth-order valence-corrected chi connectivity index (χ4v) is 10.3. The molecule has 0 aromatic heterocycles. The van der Waals surface area contributed by atoms with E-state index in [1.807, 2.05) is 0 Å². The lowest BCUT2D eigenvalue weighted by Gasteiger charge is -2.32. The van der Waals surface area contributed by atoms with Crippen molar-refractivity contribution < 1.29 is 25.3 Å². The summed E-state index contributed by atoms with van der Waals surface area (Å²) in [5.41, 5.74) is 2.35. The number of rotatable bonds is 10. The molecule has 0 fully saturated rings. The molecule has 0 radical (unpaired) electrons. The highest BCUT2D eigenvalue weighted by atomic mass is 32.3. The molecule has 3 rings (SSSR count). The Labute approximate surface area is 213 Å². The maximum absolute atomic E-state index is 14.2. The zero-order chi connectivity index (χ0) is 26.5. The van der Waals surface area contributed by atoms with Crippen LogP contribution in [0, 0.1) is 0 Å². The van der Waals surface area contributed by atoms with E-state index in [1.54, 1.807) is 25.1 Å². The summed E-state index contributed by atoms with van der Waals surface area (Å²) in [7, 11) is -13.7. The van der Waals surface area contributed by atoms with Crippen LogP contribution in [0.2, 0.25) is 0 Å². The molecule has 0 heterocycles. The van der Waals surface area contributed by atoms with Crippen LogP contribution in [0.1, 0.15) is 19.8 Å². The molecule has 3 aromatic rings. The summed E-state index contributed by atoms with van der Waals surface area (Å²) in [6.45, 7) is 5.10. The number of allylic oxidation sites excluding steroid dienone is 3. The maximum Gasteiger partial charge on any atom is 0.210 e. The molecule has 9 heteroatoms. The molecule has 0 aliphatic heterocycles. The molecule has 0 N–H and O–H groups in total. The summed E-state index contributed by atoms with van der Waals surface area (Å²) in [5, 5.41) is 0. The highest BCUT2D eigenvalue weighted by molar-refractivity contribution is 8.10. The average Bonchev–Trinajstić information content (AvgIpc) is 2.90. The highest BCUT2D eigenvalue weighted by Crippen LogP contribution is 2.44. The minimum Gasteiger partial charge on any atom is -0.222 e. The van der Waals surface area contributed by atoms with Gasteiger partial charge in [-0.25, -0.2) is 25.3 Å². The smallest absolute Gasteiger partial charge is 0.210 e. The minimum absolute atomic E-state index is 0.120. The molecule has 0 bridgehead atoms. The molecule has 0 aliphatic carbocycles. The number of benzene rings is 3. The SMILES string of the molecule is C=C=C(CC(C/C=C/C)(S(=O)(=O)c1ccccc1)S(=O)(=O)c1ccccc1)S(=O)(=O)c1ccccc1. The van der Waals surface area contributed by atoms with Crippen molar-refractivity contribution >= 4 is 29.5 Å². The van der Waals surface area contributed by atoms with E-state index < -0.39 is 51.3 Å². The lowest BCUT2D eigenvalue weighted by molar-refractivity contribution is 0.535. The van der Waals surface area contributed by atoms with Crippen LogP contribution in [0.5, 0.6) is 0 Å². The van der Waals surface area contributed by atoms with Gasteiger partial charge in [0.15, 0.2) is 23.8 Å². The molecule has 0 unspecified atom stereocenters. The fourth-order valence-electron chi connectivity index (χ4n) is 3.79. The van der Waals surface area contributed by atoms with Gasteiger partial charge in [-0.15, -0.1) is 5.73 Å². The molecule has 0 amide bonds. The zero-order valence-electron chi connectivity index (χ0n) is 19.6. The lowest BCUT2D eigenvalue weighted by atomic mass is 10.2. The van der Waals surface area contributed by atoms with Crippen LogP contribution in [0.15, 0.2) is 135 Å². The monoisotopic (exact) mass is 542 g/mol. The van der Waals surface area contributed by atoms with E-state index >= 15 is 0 Å². The molecule has 6 nitrogen and oxygen atoms in total. The molecule has 0 atom stereocenters. The van der Waals surface area contributed by atoms with Crippen molar-refractivity contribution in [1.29, 1.82) is 0 Å². The largest absolute Gasteiger partial charge is 0.222 e. The Hall–Kier alpha value is -3.23. The van der Waals surface area contributed by atoms with Gasteiger partial charge < -0.3 is 0 Å². The van der Waals surface area contributed by atoms with Crippen LogP contribution in [-0.2, 0) is 29.5 Å². The van der Waals surface area contributed by atoms with Crippen LogP contribution < -0.4 is 0 Å². The molecule has 188 valence electrons. The van der Waals surface area contributed by atoms with Crippen LogP contribution in [-0.4, -0.2) is 29.3 Å². The third-order valence-electron chi connectivity index (χ3n) is 5.76. The Morgan fingerprint density at radius 3 is 1.47 bits per heavy atom. The van der Waals surface area contributed by atoms with E-state index in [-0.39, 0.29) is 14.7 Å². The summed E-state index contributed by atoms with van der Waals surface area (Å²) in [6.07, 6.45) is 1.57. The predicted molar refractivity (Wildman–Crippen MR) is 140 cm³/mol. The standard InChI is InChI=1S/C27H26O6S3/c1-3-5-21-27(35(30,31)25-17-11-7-12-18-25,36(32,33)26-19-13-8-14-20-26)22-23(4-2)34(28,29)24-15-9-6-10-16-24/h3,5-20H,2,21-22H2,1H3/b5-3+. The van der Waals surface area contributed by atoms with E-state index in [1.165, 1.54) is 84.9 Å². The van der Waals surface area contributed by atoms with Gasteiger partial charge in [-0.05, 0) is 43.3 Å². The van der Waals surface area contributed by atoms with E-state index in [4.69, 9.17) is 0 Å². The third kappa shape index (κ3) is 4.88. The predicted octanol–water partition coefficient (Wildman–Crippen LogP) is 5.13. The first-order valence-corrected chi connectivity index (χ1v) is 15.4. The molecular formula is C27H26O6S3. The molecule has 3 aromatic carbocycles. The summed E-state index contributed by atoms with van der Waals surface area (Å²) in [5.74, 6) is 0. The van der Waals surface area contributed by atoms with Crippen LogP contribution in [0.3, 0.4) is 0 Å². The van der Waals surface area contributed by atoms with Gasteiger partial charge in [-0.2, -0.15) is 0 Å². The Morgan fingerprint density at radius 2 is 1.11 bits per heavy atom. The lowest BCUT2D eigenvalue weighted by Crippen LogP contribution is -2.47. The summed E-state index contributed by atoms with van der Waals surface area (Å²) in [6, 6.07) is 21.7. The Morgan fingerprint density at radius 1 is 0.722 bits per heavy atom. The number of hydrogen-bond donors (Lipinski definition) is 0. The van der Waals surface area contributed by atoms with Crippen LogP contribution in [0.4, 0.5) is 0 Å². The Balaban J connectivity index is 2.40. The first kappa shape index (κ1) is 27.4. The summed E-state index contributed by atoms with van der Waals surface area (Å²) in [4.78, 5) is -1.13. The van der Waals surface area contributed by atoms with E-state index in [0.29, 0.717) is 0 Å². The normalized spacial score (nSPS) is 12.8. The van der Waals surface area contributed by atoms with Gasteiger partial charge in [0.1, 0.15) is 0 Å². The average molecular weight is 543 g/mol. The third-order valence-corrected chi connectivity index (χ3v) is 13.3. The first-order valence-electron chi connectivity index (χ1n) is 10.9. The molecule has 0 saturated carbocycles. The second-order valence-electron chi connectivity index (χ2n) is 7.91. The highest BCUT2D eigenvalue weighted by Gasteiger charge is 2.56. The Kier molecular flexibility index (Phi) is 8.21. The van der Waals surface area contributed by atoms with Gasteiger partial charge in [0.05, 0.1) is 19.6 Å². The topological polar surface area (TPSA) is 102 Å². The van der Waals surface area contributed by atoms with Gasteiger partial charge in [-0.3, -0.25) is 0 Å². The molecule has 36 heavy (non-hydrogen) atoms. The molecule has 0 aliphatic rings. The van der Waals surface area contributed by atoms with Crippen molar-refractivity contribution in [1.82, 2.24) is 0 Å². The van der Waals surface area contributed by atoms with Gasteiger partial charge in [0.25, 0.3) is 0 Å². The van der Waals surface area contributed by atoms with Gasteiger partial charge in [0.2, 0.25) is 9.84 Å². The quantitative estimate of drug-likeness (QED) is 0.260. The van der Waals surface area contributed by atoms with Crippen LogP contribution in [0.25, 0.3) is 0 Å². The minimum atomic E-state index is -4.68. The van der Waals surface area contributed by atoms with Crippen molar-refractivity contribution in [2.45, 2.75) is 38.5 Å². The van der Waals surface area contributed by atoms with Crippen molar-refractivity contribution in [3.8, 4) is 0 Å². The zero-order valence-corrected chi connectivity index (χ0v) is 22.1. The molecule has 0 spiro atoms. The number of hydrogen-bond acceptors (Lipinski definition) is 6.